The van der Waals surface area contributed by atoms with Gasteiger partial charge in [0.15, 0.2) is 0 Å². The van der Waals surface area contributed by atoms with Crippen LogP contribution in [0.15, 0.2) is 16.5 Å². The van der Waals surface area contributed by atoms with Gasteiger partial charge in [0.2, 0.25) is 11.6 Å². The van der Waals surface area contributed by atoms with E-state index in [9.17, 15) is 14.9 Å². The molecule has 0 bridgehead atoms. The van der Waals surface area contributed by atoms with Crippen LogP contribution in [0, 0.1) is 10.1 Å². The average molecular weight is 268 g/mol. The quantitative estimate of drug-likeness (QED) is 0.536. The van der Waals surface area contributed by atoms with Crippen LogP contribution >= 0.6 is 11.3 Å². The van der Waals surface area contributed by atoms with Crippen LogP contribution in [0.3, 0.4) is 0 Å². The van der Waals surface area contributed by atoms with E-state index in [-0.39, 0.29) is 28.7 Å². The standard InChI is InChI=1S/C8H8N6O3S/c9-6-5(14(16)17)7(12-3-11-6)10-1-4-2-18-8(15)13-4/h2-3H,1H2,(H,13,15)(H3,9,10,11,12). The zero-order chi connectivity index (χ0) is 13.1. The zero-order valence-corrected chi connectivity index (χ0v) is 9.73. The molecule has 0 aliphatic carbocycles. The molecule has 9 nitrogen and oxygen atoms in total. The maximum atomic E-state index is 10.9. The molecule has 0 aliphatic rings. The predicted octanol–water partition coefficient (Wildman–Crippen LogP) is 0.329. The number of hydrogen-bond acceptors (Lipinski definition) is 8. The first-order valence-corrected chi connectivity index (χ1v) is 5.61. The number of nitrogens with one attached hydrogen (secondary N) is 2. The Morgan fingerprint density at radius 3 is 2.94 bits per heavy atom. The van der Waals surface area contributed by atoms with Gasteiger partial charge in [-0.3, -0.25) is 14.9 Å². The number of nitrogens with zero attached hydrogens (tertiary/aromatic N) is 3. The zero-order valence-electron chi connectivity index (χ0n) is 8.91. The van der Waals surface area contributed by atoms with Crippen molar-refractivity contribution in [3.63, 3.8) is 0 Å². The number of aromatic amines is 1. The van der Waals surface area contributed by atoms with Gasteiger partial charge in [-0.05, 0) is 0 Å². The molecule has 0 aromatic carbocycles. The molecule has 10 heteroatoms. The highest BCUT2D eigenvalue weighted by Crippen LogP contribution is 2.26. The lowest BCUT2D eigenvalue weighted by Crippen LogP contribution is -2.09. The van der Waals surface area contributed by atoms with Gasteiger partial charge in [-0.25, -0.2) is 9.97 Å². The number of rotatable bonds is 4. The topological polar surface area (TPSA) is 140 Å². The number of nitro groups is 1. The maximum absolute atomic E-state index is 10.9. The van der Waals surface area contributed by atoms with Crippen molar-refractivity contribution in [3.8, 4) is 0 Å². The molecule has 2 aromatic rings. The van der Waals surface area contributed by atoms with E-state index in [0.29, 0.717) is 5.69 Å². The number of hydrogen-bond donors (Lipinski definition) is 3. The molecule has 0 amide bonds. The third-order valence-electron chi connectivity index (χ3n) is 2.05. The normalized spacial score (nSPS) is 10.2. The first-order valence-electron chi connectivity index (χ1n) is 4.73. The fraction of sp³-hybridized carbons (Fsp3) is 0.125. The minimum atomic E-state index is -0.659. The lowest BCUT2D eigenvalue weighted by molar-refractivity contribution is -0.383. The van der Waals surface area contributed by atoms with E-state index < -0.39 is 4.92 Å². The van der Waals surface area contributed by atoms with Crippen molar-refractivity contribution in [2.45, 2.75) is 6.54 Å². The molecule has 4 N–H and O–H groups in total. The third-order valence-corrected chi connectivity index (χ3v) is 2.77. The van der Waals surface area contributed by atoms with Gasteiger partial charge >= 0.3 is 10.6 Å². The molecule has 0 unspecified atom stereocenters. The second-order valence-electron chi connectivity index (χ2n) is 3.24. The molecule has 0 saturated heterocycles. The third kappa shape index (κ3) is 2.43. The Balaban J connectivity index is 2.21. The van der Waals surface area contributed by atoms with Gasteiger partial charge in [0.1, 0.15) is 6.33 Å². The van der Waals surface area contributed by atoms with E-state index in [4.69, 9.17) is 5.73 Å². The average Bonchev–Trinajstić information content (AvgIpc) is 2.72. The van der Waals surface area contributed by atoms with Gasteiger partial charge in [-0.1, -0.05) is 11.3 Å². The number of nitrogen functional groups attached to an aromatic ring is 1. The van der Waals surface area contributed by atoms with Crippen LogP contribution in [-0.4, -0.2) is 19.9 Å². The largest absolute Gasteiger partial charge is 0.378 e. The van der Waals surface area contributed by atoms with Gasteiger partial charge in [0.05, 0.1) is 11.5 Å². The second-order valence-corrected chi connectivity index (χ2v) is 4.08. The molecule has 0 radical (unpaired) electrons. The minimum absolute atomic E-state index is 0.0135. The van der Waals surface area contributed by atoms with E-state index in [0.717, 1.165) is 17.7 Å². The van der Waals surface area contributed by atoms with Gasteiger partial charge in [0.25, 0.3) is 0 Å². The first-order chi connectivity index (χ1) is 8.58. The summed E-state index contributed by atoms with van der Waals surface area (Å²) in [6.07, 6.45) is 1.13. The molecule has 2 heterocycles. The van der Waals surface area contributed by atoms with Gasteiger partial charge in [-0.15, -0.1) is 0 Å². The fourth-order valence-corrected chi connectivity index (χ4v) is 1.86. The summed E-state index contributed by atoms with van der Waals surface area (Å²) in [6.45, 7) is 0.204. The van der Waals surface area contributed by atoms with Gasteiger partial charge in [-0.2, -0.15) is 0 Å². The van der Waals surface area contributed by atoms with Crippen LogP contribution in [-0.2, 0) is 6.54 Å². The van der Waals surface area contributed by atoms with Crippen LogP contribution in [0.1, 0.15) is 5.69 Å². The Morgan fingerprint density at radius 2 is 2.33 bits per heavy atom. The molecular formula is C8H8N6O3S. The van der Waals surface area contributed by atoms with Gasteiger partial charge < -0.3 is 16.0 Å². The first kappa shape index (κ1) is 12.0. The van der Waals surface area contributed by atoms with Crippen LogP contribution in [0.25, 0.3) is 0 Å². The van der Waals surface area contributed by atoms with E-state index in [1.54, 1.807) is 5.38 Å². The summed E-state index contributed by atoms with van der Waals surface area (Å²) < 4.78 is 0. The van der Waals surface area contributed by atoms with E-state index in [1.165, 1.54) is 0 Å². The molecule has 0 aliphatic heterocycles. The SMILES string of the molecule is Nc1ncnc(NCc2csc(=O)[nH]2)c1[N+](=O)[O-]. The highest BCUT2D eigenvalue weighted by atomic mass is 32.1. The summed E-state index contributed by atoms with van der Waals surface area (Å²) in [5, 5.41) is 15.2. The van der Waals surface area contributed by atoms with Crippen molar-refractivity contribution in [1.82, 2.24) is 15.0 Å². The molecule has 2 rings (SSSR count). The number of aromatic nitrogens is 3. The number of H-pyrrole nitrogens is 1. The summed E-state index contributed by atoms with van der Waals surface area (Å²) in [7, 11) is 0. The van der Waals surface area contributed by atoms with Crippen molar-refractivity contribution in [3.05, 3.63) is 37.2 Å². The Kier molecular flexibility index (Phi) is 3.19. The van der Waals surface area contributed by atoms with Crippen LogP contribution in [0.4, 0.5) is 17.3 Å². The molecule has 0 fully saturated rings. The molecule has 0 spiro atoms. The Labute approximate surface area is 104 Å². The molecular weight excluding hydrogens is 260 g/mol. The predicted molar refractivity (Wildman–Crippen MR) is 65.4 cm³/mol. The molecule has 18 heavy (non-hydrogen) atoms. The maximum Gasteiger partial charge on any atom is 0.352 e. The van der Waals surface area contributed by atoms with Crippen molar-refractivity contribution >= 4 is 28.7 Å². The van der Waals surface area contributed by atoms with E-state index in [1.807, 2.05) is 0 Å². The number of thiazole rings is 1. The summed E-state index contributed by atoms with van der Waals surface area (Å²) in [5.74, 6) is -0.198. The second kappa shape index (κ2) is 4.79. The summed E-state index contributed by atoms with van der Waals surface area (Å²) >= 11 is 1.01. The minimum Gasteiger partial charge on any atom is -0.378 e. The smallest absolute Gasteiger partial charge is 0.352 e. The monoisotopic (exact) mass is 268 g/mol. The summed E-state index contributed by atoms with van der Waals surface area (Å²) in [4.78, 5) is 30.7. The van der Waals surface area contributed by atoms with Crippen molar-refractivity contribution < 1.29 is 4.92 Å². The Hall–Kier alpha value is -2.49. The summed E-state index contributed by atoms with van der Waals surface area (Å²) in [5.41, 5.74) is 5.64. The van der Waals surface area contributed by atoms with Crippen LogP contribution < -0.4 is 15.9 Å². The number of nitrogens with two attached hydrogens (primary N) is 1. The Morgan fingerprint density at radius 1 is 1.56 bits per heavy atom. The lowest BCUT2D eigenvalue weighted by atomic mass is 10.4. The van der Waals surface area contributed by atoms with Crippen LogP contribution in [0.5, 0.6) is 0 Å². The lowest BCUT2D eigenvalue weighted by Gasteiger charge is -2.05. The Bertz CT molecular complexity index is 636. The van der Waals surface area contributed by atoms with Crippen molar-refractivity contribution in [2.75, 3.05) is 11.1 Å². The summed E-state index contributed by atoms with van der Waals surface area (Å²) in [6, 6.07) is 0. The molecule has 0 atom stereocenters. The molecule has 2 aromatic heterocycles. The van der Waals surface area contributed by atoms with E-state index in [2.05, 4.69) is 20.3 Å². The van der Waals surface area contributed by atoms with E-state index >= 15 is 0 Å². The fourth-order valence-electron chi connectivity index (χ4n) is 1.28. The van der Waals surface area contributed by atoms with Crippen molar-refractivity contribution in [1.29, 1.82) is 0 Å². The highest BCUT2D eigenvalue weighted by Gasteiger charge is 2.20. The molecule has 94 valence electrons. The highest BCUT2D eigenvalue weighted by molar-refractivity contribution is 7.07. The molecule has 0 saturated carbocycles. The van der Waals surface area contributed by atoms with Gasteiger partial charge in [0, 0.05) is 11.1 Å². The van der Waals surface area contributed by atoms with Crippen LogP contribution in [0.2, 0.25) is 0 Å². The van der Waals surface area contributed by atoms with Crippen molar-refractivity contribution in [2.24, 2.45) is 0 Å². The number of anilines is 2.